The summed E-state index contributed by atoms with van der Waals surface area (Å²) in [5.41, 5.74) is 5.20. The Morgan fingerprint density at radius 2 is 2.75 bits per heavy atom. The predicted molar refractivity (Wildman–Crippen MR) is 29.2 cm³/mol. The second-order valence-corrected chi connectivity index (χ2v) is 1.55. The van der Waals surface area contributed by atoms with Gasteiger partial charge in [-0.15, -0.1) is 0 Å². The first-order valence-corrected chi connectivity index (χ1v) is 2.35. The summed E-state index contributed by atoms with van der Waals surface area (Å²) in [6.07, 6.45) is 1.35. The van der Waals surface area contributed by atoms with Crippen LogP contribution in [0.4, 0.5) is 0 Å². The molecule has 1 atom stereocenters. The van der Waals surface area contributed by atoms with Crippen molar-refractivity contribution in [2.24, 2.45) is 10.7 Å². The van der Waals surface area contributed by atoms with E-state index in [1.165, 1.54) is 6.21 Å². The number of hydrogen-bond donors (Lipinski definition) is 2. The van der Waals surface area contributed by atoms with Crippen molar-refractivity contribution < 1.29 is 4.79 Å². The summed E-state index contributed by atoms with van der Waals surface area (Å²) in [5, 5.41) is 2.42. The summed E-state index contributed by atoms with van der Waals surface area (Å²) < 4.78 is 0. The van der Waals surface area contributed by atoms with E-state index in [-0.39, 0.29) is 5.91 Å². The first-order chi connectivity index (χ1) is 3.79. The fourth-order valence-electron chi connectivity index (χ4n) is 0.510. The van der Waals surface area contributed by atoms with Gasteiger partial charge in [-0.3, -0.25) is 15.5 Å². The van der Waals surface area contributed by atoms with Crippen molar-refractivity contribution in [1.29, 1.82) is 0 Å². The van der Waals surface area contributed by atoms with Crippen LogP contribution in [-0.4, -0.2) is 18.4 Å². The number of nitrogens with one attached hydrogen (secondary N) is 1. The van der Waals surface area contributed by atoms with Crippen LogP contribution in [0.3, 0.4) is 0 Å². The number of aliphatic imine (C=N–C) groups is 1. The monoisotopic (exact) mass is 113 g/mol. The molecule has 0 aliphatic carbocycles. The van der Waals surface area contributed by atoms with E-state index in [1.807, 2.05) is 0 Å². The van der Waals surface area contributed by atoms with Gasteiger partial charge in [0.2, 0.25) is 5.91 Å². The van der Waals surface area contributed by atoms with Crippen LogP contribution in [0.2, 0.25) is 0 Å². The normalized spacial score (nSPS) is 27.6. The molecule has 0 bridgehead atoms. The van der Waals surface area contributed by atoms with Crippen LogP contribution in [0.25, 0.3) is 0 Å². The number of nitrogens with two attached hydrogens (primary N) is 1. The molecule has 1 amide bonds. The molecule has 0 aromatic carbocycles. The minimum absolute atomic E-state index is 0.0625. The number of nitrogens with zero attached hydrogens (tertiary/aromatic N) is 1. The van der Waals surface area contributed by atoms with Crippen LogP contribution in [0, 0.1) is 0 Å². The Morgan fingerprint density at radius 3 is 3.12 bits per heavy atom. The Bertz CT molecular complexity index is 131. The third-order valence-corrected chi connectivity index (χ3v) is 0.852. The van der Waals surface area contributed by atoms with Gasteiger partial charge in [0.05, 0.1) is 6.42 Å². The molecule has 4 nitrogen and oxygen atoms in total. The van der Waals surface area contributed by atoms with Crippen molar-refractivity contribution in [3.63, 3.8) is 0 Å². The molecule has 4 heteroatoms. The van der Waals surface area contributed by atoms with Crippen molar-refractivity contribution in [1.82, 2.24) is 5.32 Å². The average Bonchev–Trinajstić information content (AvgIpc) is 1.64. The van der Waals surface area contributed by atoms with Gasteiger partial charge in [0.1, 0.15) is 0 Å². The molecule has 0 aromatic heterocycles. The average molecular weight is 113 g/mol. The van der Waals surface area contributed by atoms with Crippen molar-refractivity contribution in [2.75, 3.05) is 0 Å². The van der Waals surface area contributed by atoms with Crippen LogP contribution in [-0.2, 0) is 4.79 Å². The quantitative estimate of drug-likeness (QED) is 0.415. The number of hydrogen-bond acceptors (Lipinski definition) is 3. The smallest absolute Gasteiger partial charge is 0.228 e. The Balaban J connectivity index is 2.54. The van der Waals surface area contributed by atoms with E-state index in [0.717, 1.165) is 0 Å². The zero-order valence-corrected chi connectivity index (χ0v) is 4.29. The Kier molecular flexibility index (Phi) is 1.26. The van der Waals surface area contributed by atoms with E-state index in [2.05, 4.69) is 10.3 Å². The zero-order valence-electron chi connectivity index (χ0n) is 4.29. The number of carbonyl (C=O) groups is 1. The Labute approximate surface area is 46.8 Å². The molecule has 0 fully saturated rings. The predicted octanol–water partition coefficient (Wildman–Crippen LogP) is -1.18. The summed E-state index contributed by atoms with van der Waals surface area (Å²) in [7, 11) is 0. The summed E-state index contributed by atoms with van der Waals surface area (Å²) in [6.45, 7) is 0. The van der Waals surface area contributed by atoms with Crippen LogP contribution in [0.15, 0.2) is 4.99 Å². The molecule has 1 heterocycles. The minimum Gasteiger partial charge on any atom is -0.322 e. The first-order valence-electron chi connectivity index (χ1n) is 2.35. The molecule has 0 radical (unpaired) electrons. The molecular formula is C4H7N3O. The lowest BCUT2D eigenvalue weighted by Crippen LogP contribution is -2.42. The molecule has 8 heavy (non-hydrogen) atoms. The molecule has 1 aliphatic heterocycles. The summed E-state index contributed by atoms with van der Waals surface area (Å²) in [6, 6.07) is 0. The van der Waals surface area contributed by atoms with Crippen molar-refractivity contribution >= 4 is 12.1 Å². The van der Waals surface area contributed by atoms with Gasteiger partial charge in [-0.1, -0.05) is 0 Å². The highest BCUT2D eigenvalue weighted by atomic mass is 16.1. The highest BCUT2D eigenvalue weighted by molar-refractivity contribution is 5.91. The van der Waals surface area contributed by atoms with Gasteiger partial charge in [-0.05, 0) is 0 Å². The maximum absolute atomic E-state index is 10.4. The van der Waals surface area contributed by atoms with Crippen molar-refractivity contribution in [3.05, 3.63) is 0 Å². The maximum atomic E-state index is 10.4. The number of carbonyl (C=O) groups excluding carboxylic acids is 1. The standard InChI is InChI=1S/C4H7N3O/c5-4-6-2-1-3(8)7-4/h2,4H,1,5H2,(H,7,8). The van der Waals surface area contributed by atoms with Gasteiger partial charge < -0.3 is 5.32 Å². The lowest BCUT2D eigenvalue weighted by molar-refractivity contribution is -0.120. The molecule has 1 rings (SSSR count). The molecule has 0 spiro atoms. The molecule has 0 saturated carbocycles. The summed E-state index contributed by atoms with van der Waals surface area (Å²) in [4.78, 5) is 14.1. The van der Waals surface area contributed by atoms with E-state index < -0.39 is 6.29 Å². The molecule has 0 aromatic rings. The largest absolute Gasteiger partial charge is 0.322 e. The highest BCUT2D eigenvalue weighted by Gasteiger charge is 2.07. The van der Waals surface area contributed by atoms with Crippen molar-refractivity contribution in [2.45, 2.75) is 12.7 Å². The number of rotatable bonds is 0. The van der Waals surface area contributed by atoms with Crippen LogP contribution in [0.5, 0.6) is 0 Å². The van der Waals surface area contributed by atoms with E-state index in [9.17, 15) is 4.79 Å². The van der Waals surface area contributed by atoms with Crippen LogP contribution in [0.1, 0.15) is 6.42 Å². The third kappa shape index (κ3) is 1.04. The Hall–Kier alpha value is -0.900. The van der Waals surface area contributed by atoms with Crippen LogP contribution < -0.4 is 11.1 Å². The zero-order chi connectivity index (χ0) is 5.98. The van der Waals surface area contributed by atoms with Gasteiger partial charge in [-0.2, -0.15) is 0 Å². The molecule has 44 valence electrons. The third-order valence-electron chi connectivity index (χ3n) is 0.852. The van der Waals surface area contributed by atoms with Gasteiger partial charge in [0.25, 0.3) is 0 Å². The second-order valence-electron chi connectivity index (χ2n) is 1.55. The fourth-order valence-corrected chi connectivity index (χ4v) is 0.510. The first kappa shape index (κ1) is 5.24. The molecule has 0 saturated heterocycles. The van der Waals surface area contributed by atoms with Gasteiger partial charge in [0.15, 0.2) is 6.29 Å². The highest BCUT2D eigenvalue weighted by Crippen LogP contribution is 1.85. The fraction of sp³-hybridized carbons (Fsp3) is 0.500. The lowest BCUT2D eigenvalue weighted by atomic mass is 10.4. The molecular weight excluding hydrogens is 106 g/mol. The van der Waals surface area contributed by atoms with Gasteiger partial charge in [-0.25, -0.2) is 0 Å². The maximum Gasteiger partial charge on any atom is 0.228 e. The van der Waals surface area contributed by atoms with Gasteiger partial charge in [0, 0.05) is 6.21 Å². The topological polar surface area (TPSA) is 67.5 Å². The van der Waals surface area contributed by atoms with E-state index in [0.29, 0.717) is 6.42 Å². The lowest BCUT2D eigenvalue weighted by Gasteiger charge is -2.11. The summed E-state index contributed by atoms with van der Waals surface area (Å²) >= 11 is 0. The molecule has 3 N–H and O–H groups in total. The second kappa shape index (κ2) is 1.92. The number of amides is 1. The van der Waals surface area contributed by atoms with E-state index >= 15 is 0 Å². The Morgan fingerprint density at radius 1 is 2.00 bits per heavy atom. The molecule has 1 aliphatic rings. The van der Waals surface area contributed by atoms with Gasteiger partial charge >= 0.3 is 0 Å². The van der Waals surface area contributed by atoms with Crippen LogP contribution >= 0.6 is 0 Å². The van der Waals surface area contributed by atoms with E-state index in [1.54, 1.807) is 0 Å². The summed E-state index contributed by atoms with van der Waals surface area (Å²) in [5.74, 6) is -0.0625. The SMILES string of the molecule is NC1N=CCC(=O)N1. The van der Waals surface area contributed by atoms with Crippen molar-refractivity contribution in [3.8, 4) is 0 Å². The molecule has 1 unspecified atom stereocenters. The van der Waals surface area contributed by atoms with E-state index in [4.69, 9.17) is 5.73 Å². The minimum atomic E-state index is -0.517.